The Hall–Kier alpha value is -2.12. The number of aryl methyl sites for hydroxylation is 1. The molecule has 2 N–H and O–H groups in total. The smallest absolute Gasteiger partial charge is 0.236 e. The first kappa shape index (κ1) is 24.2. The first-order valence-corrected chi connectivity index (χ1v) is 11.0. The van der Waals surface area contributed by atoms with E-state index in [1.54, 1.807) is 6.20 Å². The van der Waals surface area contributed by atoms with E-state index in [0.717, 1.165) is 63.6 Å². The molecule has 168 valence electrons. The molecule has 1 amide bonds. The maximum absolute atomic E-state index is 12.5. The molecule has 1 saturated heterocycles. The quantitative estimate of drug-likeness (QED) is 0.589. The summed E-state index contributed by atoms with van der Waals surface area (Å²) in [5.41, 5.74) is 7.55. The van der Waals surface area contributed by atoms with E-state index in [-0.39, 0.29) is 5.91 Å². The third-order valence-electron chi connectivity index (χ3n) is 5.78. The number of rotatable bonds is 5. The number of allylic oxidation sites excluding steroid dienone is 1. The van der Waals surface area contributed by atoms with Crippen LogP contribution in [0.1, 0.15) is 51.2 Å². The van der Waals surface area contributed by atoms with Crippen LogP contribution in [0.3, 0.4) is 0 Å². The Morgan fingerprint density at radius 1 is 1.27 bits per heavy atom. The van der Waals surface area contributed by atoms with Crippen LogP contribution in [0.4, 0.5) is 0 Å². The SMILES string of the molecule is CC/C(C)=C/N=CN.Cc1cc2c(o1)CN(CC(=O)N1CCN(C(C)C)CC1)CC2. The Morgan fingerprint density at radius 2 is 1.97 bits per heavy atom. The molecule has 0 radical (unpaired) electrons. The van der Waals surface area contributed by atoms with E-state index in [4.69, 9.17) is 10.2 Å². The summed E-state index contributed by atoms with van der Waals surface area (Å²) in [5, 5.41) is 0. The van der Waals surface area contributed by atoms with Crippen LogP contribution in [-0.4, -0.2) is 72.3 Å². The van der Waals surface area contributed by atoms with Gasteiger partial charge in [-0.2, -0.15) is 0 Å². The van der Waals surface area contributed by atoms with E-state index >= 15 is 0 Å². The zero-order valence-electron chi connectivity index (χ0n) is 19.4. The molecule has 0 saturated carbocycles. The fourth-order valence-corrected chi connectivity index (χ4v) is 3.70. The number of hydrogen-bond acceptors (Lipinski definition) is 5. The van der Waals surface area contributed by atoms with E-state index in [1.807, 2.05) is 18.7 Å². The van der Waals surface area contributed by atoms with E-state index < -0.39 is 0 Å². The number of carbonyl (C=O) groups excluding carboxylic acids is 1. The summed E-state index contributed by atoms with van der Waals surface area (Å²) in [4.78, 5) is 22.9. The molecule has 1 aromatic heterocycles. The lowest BCUT2D eigenvalue weighted by atomic mass is 10.1. The third-order valence-corrected chi connectivity index (χ3v) is 5.78. The average molecular weight is 418 g/mol. The van der Waals surface area contributed by atoms with Crippen molar-refractivity contribution in [2.75, 3.05) is 39.3 Å². The van der Waals surface area contributed by atoms with Crippen molar-refractivity contribution in [2.45, 2.75) is 60.0 Å². The van der Waals surface area contributed by atoms with Crippen molar-refractivity contribution in [2.24, 2.45) is 10.7 Å². The monoisotopic (exact) mass is 417 g/mol. The molecule has 0 aliphatic carbocycles. The van der Waals surface area contributed by atoms with Gasteiger partial charge in [-0.25, -0.2) is 4.99 Å². The van der Waals surface area contributed by atoms with Gasteiger partial charge in [-0.1, -0.05) is 12.5 Å². The van der Waals surface area contributed by atoms with E-state index in [2.05, 4.69) is 41.6 Å². The van der Waals surface area contributed by atoms with Crippen molar-refractivity contribution in [1.82, 2.24) is 14.7 Å². The van der Waals surface area contributed by atoms with E-state index in [0.29, 0.717) is 12.6 Å². The number of hydrogen-bond donors (Lipinski definition) is 1. The molecule has 0 atom stereocenters. The highest BCUT2D eigenvalue weighted by Gasteiger charge is 2.26. The number of furan rings is 1. The summed E-state index contributed by atoms with van der Waals surface area (Å²) >= 11 is 0. The normalized spacial score (nSPS) is 18.5. The van der Waals surface area contributed by atoms with Crippen LogP contribution in [0.5, 0.6) is 0 Å². The Balaban J connectivity index is 0.000000343. The average Bonchev–Trinajstić information content (AvgIpc) is 3.11. The van der Waals surface area contributed by atoms with Gasteiger partial charge in [0.25, 0.3) is 0 Å². The molecule has 1 fully saturated rings. The number of amides is 1. The zero-order valence-corrected chi connectivity index (χ0v) is 19.4. The van der Waals surface area contributed by atoms with Crippen LogP contribution in [0.25, 0.3) is 0 Å². The standard InChI is InChI=1S/C17H27N3O2.C6H12N2/c1-13(2)19-6-8-20(9-7-19)17(21)12-18-5-4-15-10-14(3)22-16(15)11-18;1-3-6(2)4-8-5-7/h10,13H,4-9,11-12H2,1-3H3;4-5H,3H2,1-2H3,(H2,7,8)/b;6-4+. The lowest BCUT2D eigenvalue weighted by molar-refractivity contribution is -0.134. The highest BCUT2D eigenvalue weighted by Crippen LogP contribution is 2.22. The van der Waals surface area contributed by atoms with Gasteiger partial charge in [0.05, 0.1) is 19.4 Å². The maximum atomic E-state index is 12.5. The Kier molecular flexibility index (Phi) is 9.59. The van der Waals surface area contributed by atoms with Gasteiger partial charge >= 0.3 is 0 Å². The van der Waals surface area contributed by atoms with Gasteiger partial charge in [0, 0.05) is 45.0 Å². The number of nitrogens with zero attached hydrogens (tertiary/aromatic N) is 4. The summed E-state index contributed by atoms with van der Waals surface area (Å²) in [6.07, 6.45) is 5.08. The first-order valence-electron chi connectivity index (χ1n) is 11.0. The minimum Gasteiger partial charge on any atom is -0.465 e. The first-order chi connectivity index (χ1) is 14.3. The molecule has 0 bridgehead atoms. The van der Waals surface area contributed by atoms with Crippen LogP contribution in [0.2, 0.25) is 0 Å². The van der Waals surface area contributed by atoms with Crippen LogP contribution < -0.4 is 5.73 Å². The fourth-order valence-electron chi connectivity index (χ4n) is 3.70. The molecular formula is C23H39N5O2. The van der Waals surface area contributed by atoms with Gasteiger partial charge in [-0.3, -0.25) is 14.6 Å². The molecule has 2 aliphatic heterocycles. The topological polar surface area (TPSA) is 78.3 Å². The summed E-state index contributed by atoms with van der Waals surface area (Å²) < 4.78 is 5.73. The Morgan fingerprint density at radius 3 is 2.57 bits per heavy atom. The number of piperazine rings is 1. The minimum absolute atomic E-state index is 0.259. The van der Waals surface area contributed by atoms with Crippen molar-refractivity contribution >= 4 is 12.2 Å². The second kappa shape index (κ2) is 11.9. The van der Waals surface area contributed by atoms with Crippen molar-refractivity contribution in [1.29, 1.82) is 0 Å². The summed E-state index contributed by atoms with van der Waals surface area (Å²) in [5.74, 6) is 2.28. The van der Waals surface area contributed by atoms with Crippen molar-refractivity contribution in [3.8, 4) is 0 Å². The van der Waals surface area contributed by atoms with Crippen molar-refractivity contribution in [3.05, 3.63) is 34.9 Å². The molecule has 3 heterocycles. The van der Waals surface area contributed by atoms with Crippen LogP contribution in [0, 0.1) is 6.92 Å². The second-order valence-electron chi connectivity index (χ2n) is 8.40. The van der Waals surface area contributed by atoms with E-state index in [1.165, 1.54) is 17.5 Å². The summed E-state index contributed by atoms with van der Waals surface area (Å²) in [6.45, 7) is 16.4. The van der Waals surface area contributed by atoms with Crippen molar-refractivity contribution < 1.29 is 9.21 Å². The predicted molar refractivity (Wildman–Crippen MR) is 122 cm³/mol. The molecule has 0 spiro atoms. The minimum atomic E-state index is 0.259. The summed E-state index contributed by atoms with van der Waals surface area (Å²) in [6, 6.07) is 2.69. The number of fused-ring (bicyclic) bond motifs is 1. The van der Waals surface area contributed by atoms with Gasteiger partial charge in [0.15, 0.2) is 0 Å². The molecule has 3 rings (SSSR count). The Bertz CT molecular complexity index is 730. The van der Waals surface area contributed by atoms with Gasteiger partial charge < -0.3 is 15.1 Å². The van der Waals surface area contributed by atoms with Crippen molar-refractivity contribution in [3.63, 3.8) is 0 Å². The molecule has 30 heavy (non-hydrogen) atoms. The lowest BCUT2D eigenvalue weighted by Gasteiger charge is -2.38. The van der Waals surface area contributed by atoms with E-state index in [9.17, 15) is 4.79 Å². The van der Waals surface area contributed by atoms with Crippen LogP contribution in [-0.2, 0) is 17.8 Å². The largest absolute Gasteiger partial charge is 0.465 e. The Labute approximate surface area is 181 Å². The molecule has 1 aromatic rings. The van der Waals surface area contributed by atoms with Gasteiger partial charge in [0.2, 0.25) is 5.91 Å². The maximum Gasteiger partial charge on any atom is 0.236 e. The highest BCUT2D eigenvalue weighted by atomic mass is 16.3. The fraction of sp³-hybridized carbons (Fsp3) is 0.652. The molecule has 0 unspecified atom stereocenters. The number of carbonyl (C=O) groups is 1. The summed E-state index contributed by atoms with van der Waals surface area (Å²) in [7, 11) is 0. The molecule has 0 aromatic carbocycles. The molecule has 7 heteroatoms. The molecule has 2 aliphatic rings. The van der Waals surface area contributed by atoms with Gasteiger partial charge in [-0.05, 0) is 52.2 Å². The highest BCUT2D eigenvalue weighted by molar-refractivity contribution is 5.78. The molecule has 7 nitrogen and oxygen atoms in total. The second-order valence-corrected chi connectivity index (χ2v) is 8.40. The predicted octanol–water partition coefficient (Wildman–Crippen LogP) is 2.79. The lowest BCUT2D eigenvalue weighted by Crippen LogP contribution is -2.53. The van der Waals surface area contributed by atoms with Crippen LogP contribution in [0.15, 0.2) is 27.2 Å². The van der Waals surface area contributed by atoms with Gasteiger partial charge in [0.1, 0.15) is 11.5 Å². The zero-order chi connectivity index (χ0) is 22.1. The van der Waals surface area contributed by atoms with Gasteiger partial charge in [-0.15, -0.1) is 0 Å². The number of aliphatic imine (C=N–C) groups is 1. The van der Waals surface area contributed by atoms with Crippen LogP contribution >= 0.6 is 0 Å². The third kappa shape index (κ3) is 7.29. The number of nitrogens with two attached hydrogens (primary N) is 1. The molecular weight excluding hydrogens is 378 g/mol.